The highest BCUT2D eigenvalue weighted by Gasteiger charge is 2.13. The maximum absolute atomic E-state index is 12.1. The van der Waals surface area contributed by atoms with E-state index >= 15 is 0 Å². The number of thioether (sulfide) groups is 1. The van der Waals surface area contributed by atoms with Crippen molar-refractivity contribution in [3.05, 3.63) is 77.6 Å². The zero-order chi connectivity index (χ0) is 17.6. The average Bonchev–Trinajstić information content (AvgIpc) is 2.94. The van der Waals surface area contributed by atoms with Crippen molar-refractivity contribution in [1.82, 2.24) is 15.1 Å². The number of carbonyl (C=O) groups excluding carboxylic acids is 1. The highest BCUT2D eigenvalue weighted by Crippen LogP contribution is 2.19. The summed E-state index contributed by atoms with van der Waals surface area (Å²) in [4.78, 5) is 13.2. The quantitative estimate of drug-likeness (QED) is 0.685. The average molecular weight is 351 g/mol. The van der Waals surface area contributed by atoms with Crippen LogP contribution in [0.25, 0.3) is 5.69 Å². The van der Waals surface area contributed by atoms with Crippen LogP contribution in [0, 0.1) is 13.8 Å². The first-order valence-electron chi connectivity index (χ1n) is 8.20. The van der Waals surface area contributed by atoms with Gasteiger partial charge in [-0.15, -0.1) is 11.8 Å². The van der Waals surface area contributed by atoms with Crippen molar-refractivity contribution < 1.29 is 4.79 Å². The lowest BCUT2D eigenvalue weighted by Crippen LogP contribution is -2.25. The van der Waals surface area contributed by atoms with E-state index in [4.69, 9.17) is 0 Å². The number of carbonyl (C=O) groups is 1. The zero-order valence-corrected chi connectivity index (χ0v) is 15.2. The predicted molar refractivity (Wildman–Crippen MR) is 102 cm³/mol. The van der Waals surface area contributed by atoms with Crippen LogP contribution in [0.1, 0.15) is 17.0 Å². The highest BCUT2D eigenvalue weighted by atomic mass is 32.2. The van der Waals surface area contributed by atoms with Crippen LogP contribution in [-0.2, 0) is 11.3 Å². The van der Waals surface area contributed by atoms with Gasteiger partial charge in [-0.2, -0.15) is 5.10 Å². The second kappa shape index (κ2) is 8.03. The molecule has 1 amide bonds. The Kier molecular flexibility index (Phi) is 5.56. The lowest BCUT2D eigenvalue weighted by Gasteiger charge is -2.07. The van der Waals surface area contributed by atoms with Gasteiger partial charge in [-0.3, -0.25) is 4.79 Å². The second-order valence-electron chi connectivity index (χ2n) is 5.78. The molecular formula is C20H21N3OS. The van der Waals surface area contributed by atoms with E-state index in [0.29, 0.717) is 12.3 Å². The topological polar surface area (TPSA) is 46.9 Å². The minimum Gasteiger partial charge on any atom is -0.351 e. The third-order valence-electron chi connectivity index (χ3n) is 4.02. The molecule has 1 heterocycles. The number of nitrogens with zero attached hydrogens (tertiary/aromatic N) is 2. The van der Waals surface area contributed by atoms with Gasteiger partial charge in [-0.1, -0.05) is 36.4 Å². The van der Waals surface area contributed by atoms with E-state index < -0.39 is 0 Å². The zero-order valence-electron chi connectivity index (χ0n) is 14.4. The number of hydrogen-bond acceptors (Lipinski definition) is 3. The molecule has 0 saturated carbocycles. The fourth-order valence-corrected chi connectivity index (χ4v) is 3.40. The molecule has 3 aromatic rings. The Labute approximate surface area is 152 Å². The molecule has 0 saturated heterocycles. The molecule has 0 atom stereocenters. The minimum absolute atomic E-state index is 0.0279. The summed E-state index contributed by atoms with van der Waals surface area (Å²) >= 11 is 1.54. The van der Waals surface area contributed by atoms with Gasteiger partial charge in [0.15, 0.2) is 0 Å². The number of hydrogen-bond donors (Lipinski definition) is 1. The fourth-order valence-electron chi connectivity index (χ4n) is 2.66. The molecule has 25 heavy (non-hydrogen) atoms. The number of aryl methyl sites for hydroxylation is 1. The van der Waals surface area contributed by atoms with Crippen molar-refractivity contribution in [2.24, 2.45) is 0 Å². The fraction of sp³-hybridized carbons (Fsp3) is 0.200. The summed E-state index contributed by atoms with van der Waals surface area (Å²) in [5.74, 6) is 0.440. The van der Waals surface area contributed by atoms with Crippen molar-refractivity contribution in [3.8, 4) is 5.69 Å². The van der Waals surface area contributed by atoms with E-state index in [1.54, 1.807) is 11.8 Å². The van der Waals surface area contributed by atoms with Gasteiger partial charge in [-0.25, -0.2) is 4.68 Å². The molecule has 0 aliphatic rings. The Hall–Kier alpha value is -2.53. The highest BCUT2D eigenvalue weighted by molar-refractivity contribution is 8.00. The Morgan fingerprint density at radius 3 is 2.36 bits per heavy atom. The summed E-state index contributed by atoms with van der Waals surface area (Å²) < 4.78 is 1.93. The summed E-state index contributed by atoms with van der Waals surface area (Å²) in [5.41, 5.74) is 4.10. The van der Waals surface area contributed by atoms with E-state index in [2.05, 4.69) is 10.4 Å². The SMILES string of the molecule is Cc1nn(-c2ccccc2)c(C)c1CNC(=O)CSc1ccccc1. The molecule has 128 valence electrons. The molecule has 1 N–H and O–H groups in total. The second-order valence-corrected chi connectivity index (χ2v) is 6.82. The Morgan fingerprint density at radius 2 is 1.68 bits per heavy atom. The van der Waals surface area contributed by atoms with Crippen LogP contribution in [0.3, 0.4) is 0 Å². The molecule has 2 aromatic carbocycles. The van der Waals surface area contributed by atoms with Crippen LogP contribution in [0.5, 0.6) is 0 Å². The third-order valence-corrected chi connectivity index (χ3v) is 5.03. The smallest absolute Gasteiger partial charge is 0.230 e. The molecule has 4 nitrogen and oxygen atoms in total. The number of aromatic nitrogens is 2. The monoisotopic (exact) mass is 351 g/mol. The summed E-state index contributed by atoms with van der Waals surface area (Å²) in [6.45, 7) is 4.51. The largest absolute Gasteiger partial charge is 0.351 e. The molecule has 0 fully saturated rings. The lowest BCUT2D eigenvalue weighted by molar-refractivity contribution is -0.118. The van der Waals surface area contributed by atoms with Crippen LogP contribution in [-0.4, -0.2) is 21.4 Å². The van der Waals surface area contributed by atoms with Crippen molar-refractivity contribution in [1.29, 1.82) is 0 Å². The van der Waals surface area contributed by atoms with Crippen LogP contribution >= 0.6 is 11.8 Å². The third kappa shape index (κ3) is 4.31. The summed E-state index contributed by atoms with van der Waals surface area (Å²) in [6.07, 6.45) is 0. The van der Waals surface area contributed by atoms with Crippen LogP contribution in [0.4, 0.5) is 0 Å². The molecular weight excluding hydrogens is 330 g/mol. The lowest BCUT2D eigenvalue weighted by atomic mass is 10.2. The first-order valence-corrected chi connectivity index (χ1v) is 9.19. The molecule has 0 aliphatic heterocycles. The van der Waals surface area contributed by atoms with Gasteiger partial charge in [0, 0.05) is 22.7 Å². The first kappa shape index (κ1) is 17.3. The Balaban J connectivity index is 1.61. The van der Waals surface area contributed by atoms with Crippen molar-refractivity contribution in [3.63, 3.8) is 0 Å². The number of rotatable bonds is 6. The standard InChI is InChI=1S/C20H21N3OS/c1-15-19(16(2)23(22-15)17-9-5-3-6-10-17)13-21-20(24)14-25-18-11-7-4-8-12-18/h3-12H,13-14H2,1-2H3,(H,21,24). The van der Waals surface area contributed by atoms with Gasteiger partial charge >= 0.3 is 0 Å². The number of nitrogens with one attached hydrogen (secondary N) is 1. The van der Waals surface area contributed by atoms with Crippen LogP contribution < -0.4 is 5.32 Å². The summed E-state index contributed by atoms with van der Waals surface area (Å²) in [6, 6.07) is 20.0. The summed E-state index contributed by atoms with van der Waals surface area (Å²) in [5, 5.41) is 7.61. The van der Waals surface area contributed by atoms with Gasteiger partial charge in [0.25, 0.3) is 0 Å². The van der Waals surface area contributed by atoms with Crippen molar-refractivity contribution >= 4 is 17.7 Å². The molecule has 5 heteroatoms. The first-order chi connectivity index (χ1) is 12.1. The number of benzene rings is 2. The maximum Gasteiger partial charge on any atom is 0.230 e. The molecule has 3 rings (SSSR count). The Morgan fingerprint density at radius 1 is 1.04 bits per heavy atom. The van der Waals surface area contributed by atoms with Crippen molar-refractivity contribution in [2.75, 3.05) is 5.75 Å². The molecule has 0 spiro atoms. The molecule has 0 aliphatic carbocycles. The van der Waals surface area contributed by atoms with E-state index in [9.17, 15) is 4.79 Å². The maximum atomic E-state index is 12.1. The number of para-hydroxylation sites is 1. The van der Waals surface area contributed by atoms with Gasteiger partial charge in [-0.05, 0) is 38.1 Å². The molecule has 1 aromatic heterocycles. The number of amides is 1. The van der Waals surface area contributed by atoms with E-state index in [1.807, 2.05) is 79.2 Å². The van der Waals surface area contributed by atoms with Crippen molar-refractivity contribution in [2.45, 2.75) is 25.3 Å². The van der Waals surface area contributed by atoms with Crippen LogP contribution in [0.2, 0.25) is 0 Å². The normalized spacial score (nSPS) is 10.6. The van der Waals surface area contributed by atoms with E-state index in [-0.39, 0.29) is 5.91 Å². The minimum atomic E-state index is 0.0279. The van der Waals surface area contributed by atoms with E-state index in [1.165, 1.54) is 0 Å². The summed E-state index contributed by atoms with van der Waals surface area (Å²) in [7, 11) is 0. The predicted octanol–water partition coefficient (Wildman–Crippen LogP) is 3.90. The molecule has 0 radical (unpaired) electrons. The Bertz CT molecular complexity index is 844. The van der Waals surface area contributed by atoms with Gasteiger partial charge in [0.05, 0.1) is 17.1 Å². The van der Waals surface area contributed by atoms with Gasteiger partial charge < -0.3 is 5.32 Å². The van der Waals surface area contributed by atoms with Gasteiger partial charge in [0.2, 0.25) is 5.91 Å². The molecule has 0 unspecified atom stereocenters. The van der Waals surface area contributed by atoms with Gasteiger partial charge in [0.1, 0.15) is 0 Å². The van der Waals surface area contributed by atoms with Crippen LogP contribution in [0.15, 0.2) is 65.6 Å². The van der Waals surface area contributed by atoms with E-state index in [0.717, 1.165) is 27.5 Å². The molecule has 0 bridgehead atoms.